The first kappa shape index (κ1) is 16.7. The van der Waals surface area contributed by atoms with Crippen LogP contribution in [0.5, 0.6) is 5.75 Å². The van der Waals surface area contributed by atoms with Gasteiger partial charge in [-0.2, -0.15) is 0 Å². The van der Waals surface area contributed by atoms with E-state index in [0.717, 1.165) is 33.6 Å². The Hall–Kier alpha value is -3.20. The Morgan fingerprint density at radius 3 is 2.28 bits per heavy atom. The highest BCUT2D eigenvalue weighted by Crippen LogP contribution is 2.33. The van der Waals surface area contributed by atoms with E-state index in [2.05, 4.69) is 30.2 Å². The number of phenols is 1. The number of hydrogen-bond donors (Lipinski definition) is 3. The van der Waals surface area contributed by atoms with Crippen LogP contribution in [0.3, 0.4) is 0 Å². The van der Waals surface area contributed by atoms with Gasteiger partial charge < -0.3 is 15.7 Å². The van der Waals surface area contributed by atoms with Crippen LogP contribution in [0.15, 0.2) is 79.1 Å². The molecule has 0 heterocycles. The van der Waals surface area contributed by atoms with Crippen LogP contribution < -0.4 is 10.6 Å². The molecule has 0 aliphatic carbocycles. The van der Waals surface area contributed by atoms with E-state index >= 15 is 0 Å². The maximum absolute atomic E-state index is 10.1. The fraction of sp³-hybridized carbons (Fsp3) is 0.0909. The molecule has 0 spiro atoms. The number of aryl methyl sites for hydroxylation is 2. The van der Waals surface area contributed by atoms with Crippen LogP contribution in [-0.2, 0) is 0 Å². The summed E-state index contributed by atoms with van der Waals surface area (Å²) in [4.78, 5) is 0. The fourth-order valence-corrected chi connectivity index (χ4v) is 2.77. The van der Waals surface area contributed by atoms with Gasteiger partial charge >= 0.3 is 0 Å². The molecule has 0 radical (unpaired) electrons. The van der Waals surface area contributed by atoms with Gasteiger partial charge in [0, 0.05) is 16.9 Å². The molecule has 0 bridgehead atoms. The van der Waals surface area contributed by atoms with Crippen molar-refractivity contribution in [3.63, 3.8) is 0 Å². The van der Waals surface area contributed by atoms with Crippen LogP contribution in [0.25, 0.3) is 11.1 Å². The molecule has 3 heteroatoms. The van der Waals surface area contributed by atoms with Gasteiger partial charge in [-0.1, -0.05) is 49.0 Å². The molecule has 3 aromatic rings. The van der Waals surface area contributed by atoms with Gasteiger partial charge in [-0.25, -0.2) is 0 Å². The molecule has 3 nitrogen and oxygen atoms in total. The number of benzene rings is 3. The lowest BCUT2D eigenvalue weighted by atomic mass is 9.99. The van der Waals surface area contributed by atoms with Gasteiger partial charge in [-0.05, 0) is 54.8 Å². The summed E-state index contributed by atoms with van der Waals surface area (Å²) in [5.74, 6) is 0.973. The second-order valence-corrected chi connectivity index (χ2v) is 6.09. The van der Waals surface area contributed by atoms with E-state index in [9.17, 15) is 5.11 Å². The van der Waals surface area contributed by atoms with Gasteiger partial charge in [0.25, 0.3) is 0 Å². The van der Waals surface area contributed by atoms with Crippen molar-refractivity contribution in [3.8, 4) is 16.9 Å². The predicted molar refractivity (Wildman–Crippen MR) is 106 cm³/mol. The Morgan fingerprint density at radius 2 is 1.52 bits per heavy atom. The third-order valence-corrected chi connectivity index (χ3v) is 4.16. The predicted octanol–water partition coefficient (Wildman–Crippen LogP) is 5.67. The normalized spacial score (nSPS) is 10.3. The van der Waals surface area contributed by atoms with Crippen molar-refractivity contribution < 1.29 is 5.11 Å². The standard InChI is InChI=1S/C22H22N2O/c1-15-12-13-18(14-20(15)19-9-5-7-11-22(19)25)23-17(3)24-21-10-6-4-8-16(21)2/h4-14,23-25H,3H2,1-2H3. The number of hydrogen-bond acceptors (Lipinski definition) is 3. The van der Waals surface area contributed by atoms with E-state index in [1.807, 2.05) is 61.5 Å². The highest BCUT2D eigenvalue weighted by molar-refractivity contribution is 5.76. The average Bonchev–Trinajstić information content (AvgIpc) is 2.59. The van der Waals surface area contributed by atoms with E-state index < -0.39 is 0 Å². The lowest BCUT2D eigenvalue weighted by Crippen LogP contribution is -2.09. The van der Waals surface area contributed by atoms with E-state index in [0.29, 0.717) is 5.82 Å². The van der Waals surface area contributed by atoms with Crippen LogP contribution in [0, 0.1) is 13.8 Å². The Labute approximate surface area is 148 Å². The van der Waals surface area contributed by atoms with Crippen LogP contribution in [0.2, 0.25) is 0 Å². The molecule has 0 saturated carbocycles. The zero-order valence-electron chi connectivity index (χ0n) is 14.5. The summed E-state index contributed by atoms with van der Waals surface area (Å²) in [6.07, 6.45) is 0. The second kappa shape index (κ2) is 7.14. The average molecular weight is 330 g/mol. The molecule has 3 N–H and O–H groups in total. The lowest BCUT2D eigenvalue weighted by Gasteiger charge is -2.16. The Morgan fingerprint density at radius 1 is 0.800 bits per heavy atom. The lowest BCUT2D eigenvalue weighted by molar-refractivity contribution is 0.477. The minimum Gasteiger partial charge on any atom is -0.507 e. The van der Waals surface area contributed by atoms with Crippen molar-refractivity contribution in [3.05, 3.63) is 90.3 Å². The molecule has 0 aliphatic heterocycles. The minimum absolute atomic E-state index is 0.277. The maximum atomic E-state index is 10.1. The monoisotopic (exact) mass is 330 g/mol. The van der Waals surface area contributed by atoms with Crippen molar-refractivity contribution in [1.82, 2.24) is 0 Å². The number of phenolic OH excluding ortho intramolecular Hbond substituents is 1. The Balaban J connectivity index is 1.82. The molecule has 0 amide bonds. The first-order valence-electron chi connectivity index (χ1n) is 8.22. The summed E-state index contributed by atoms with van der Waals surface area (Å²) in [5, 5.41) is 16.7. The number of anilines is 2. The van der Waals surface area contributed by atoms with Crippen LogP contribution in [0.4, 0.5) is 11.4 Å². The highest BCUT2D eigenvalue weighted by Gasteiger charge is 2.08. The van der Waals surface area contributed by atoms with Gasteiger partial charge in [0.2, 0.25) is 0 Å². The number of para-hydroxylation sites is 2. The molecule has 0 aromatic heterocycles. The molecule has 0 atom stereocenters. The van der Waals surface area contributed by atoms with Crippen LogP contribution >= 0.6 is 0 Å². The molecule has 0 fully saturated rings. The second-order valence-electron chi connectivity index (χ2n) is 6.09. The SMILES string of the molecule is C=C(Nc1ccc(C)c(-c2ccccc2O)c1)Nc1ccccc1C. The summed E-state index contributed by atoms with van der Waals surface area (Å²) in [7, 11) is 0. The first-order chi connectivity index (χ1) is 12.0. The maximum Gasteiger partial charge on any atom is 0.123 e. The first-order valence-corrected chi connectivity index (χ1v) is 8.22. The minimum atomic E-state index is 0.277. The quantitative estimate of drug-likeness (QED) is 0.564. The molecule has 3 rings (SSSR count). The highest BCUT2D eigenvalue weighted by atomic mass is 16.3. The zero-order valence-corrected chi connectivity index (χ0v) is 14.5. The Bertz CT molecular complexity index is 915. The smallest absolute Gasteiger partial charge is 0.123 e. The molecule has 3 aromatic carbocycles. The number of nitrogens with one attached hydrogen (secondary N) is 2. The van der Waals surface area contributed by atoms with Gasteiger partial charge in [0.05, 0.1) is 0 Å². The van der Waals surface area contributed by atoms with E-state index in [4.69, 9.17) is 0 Å². The third kappa shape index (κ3) is 3.83. The van der Waals surface area contributed by atoms with E-state index in [1.165, 1.54) is 0 Å². The van der Waals surface area contributed by atoms with Gasteiger partial charge in [-0.3, -0.25) is 0 Å². The summed E-state index contributed by atoms with van der Waals surface area (Å²) in [6.45, 7) is 8.14. The third-order valence-electron chi connectivity index (χ3n) is 4.16. The molecule has 25 heavy (non-hydrogen) atoms. The zero-order chi connectivity index (χ0) is 17.8. The van der Waals surface area contributed by atoms with Crippen molar-refractivity contribution >= 4 is 11.4 Å². The molecule has 0 saturated heterocycles. The summed E-state index contributed by atoms with van der Waals surface area (Å²) < 4.78 is 0. The van der Waals surface area contributed by atoms with Gasteiger partial charge in [0.1, 0.15) is 11.6 Å². The van der Waals surface area contributed by atoms with Crippen molar-refractivity contribution in [2.75, 3.05) is 10.6 Å². The molecular formula is C22H22N2O. The Kier molecular flexibility index (Phi) is 4.75. The van der Waals surface area contributed by atoms with Crippen molar-refractivity contribution in [2.45, 2.75) is 13.8 Å². The topological polar surface area (TPSA) is 44.3 Å². The van der Waals surface area contributed by atoms with Gasteiger partial charge in [0.15, 0.2) is 0 Å². The summed E-state index contributed by atoms with van der Waals surface area (Å²) in [6, 6.07) is 21.5. The number of rotatable bonds is 5. The summed E-state index contributed by atoms with van der Waals surface area (Å²) in [5.41, 5.74) is 6.00. The van der Waals surface area contributed by atoms with Crippen molar-refractivity contribution in [1.29, 1.82) is 0 Å². The van der Waals surface area contributed by atoms with Crippen molar-refractivity contribution in [2.24, 2.45) is 0 Å². The van der Waals surface area contributed by atoms with Crippen LogP contribution in [0.1, 0.15) is 11.1 Å². The fourth-order valence-electron chi connectivity index (χ4n) is 2.77. The number of aromatic hydroxyl groups is 1. The van der Waals surface area contributed by atoms with E-state index in [-0.39, 0.29) is 5.75 Å². The van der Waals surface area contributed by atoms with Crippen LogP contribution in [-0.4, -0.2) is 5.11 Å². The molecule has 0 aliphatic rings. The van der Waals surface area contributed by atoms with Gasteiger partial charge in [-0.15, -0.1) is 0 Å². The molecule has 126 valence electrons. The van der Waals surface area contributed by atoms with E-state index in [1.54, 1.807) is 6.07 Å². The largest absolute Gasteiger partial charge is 0.507 e. The molecular weight excluding hydrogens is 308 g/mol. The summed E-state index contributed by atoms with van der Waals surface area (Å²) >= 11 is 0. The molecule has 0 unspecified atom stereocenters.